The summed E-state index contributed by atoms with van der Waals surface area (Å²) in [5, 5.41) is 0. The van der Waals surface area contributed by atoms with E-state index in [0.29, 0.717) is 0 Å². The van der Waals surface area contributed by atoms with Gasteiger partial charge in [0.15, 0.2) is 0 Å². The maximum atomic E-state index is 11.2. The Balaban J connectivity index is 3.56. The van der Waals surface area contributed by atoms with Crippen molar-refractivity contribution in [2.75, 3.05) is 6.61 Å². The Hall–Kier alpha value is -0.130. The summed E-state index contributed by atoms with van der Waals surface area (Å²) in [7, 11) is -3.78. The van der Waals surface area contributed by atoms with Crippen molar-refractivity contribution in [2.45, 2.75) is 71.8 Å². The van der Waals surface area contributed by atoms with Crippen LogP contribution in [-0.2, 0) is 18.8 Å². The van der Waals surface area contributed by atoms with Gasteiger partial charge in [-0.05, 0) is 20.3 Å². The molecule has 0 aromatic rings. The first kappa shape index (κ1) is 16.9. The lowest BCUT2D eigenvalue weighted by Crippen LogP contribution is -2.17. The molecule has 0 rings (SSSR count). The van der Waals surface area contributed by atoms with E-state index in [1.807, 2.05) is 0 Å². The van der Waals surface area contributed by atoms with Crippen LogP contribution in [0.1, 0.15) is 65.7 Å². The van der Waals surface area contributed by atoms with Crippen molar-refractivity contribution < 1.29 is 16.8 Å². The molecule has 1 atom stereocenters. The van der Waals surface area contributed by atoms with Gasteiger partial charge in [0.25, 0.3) is 0 Å². The summed E-state index contributed by atoms with van der Waals surface area (Å²) in [6.45, 7) is 5.70. The van der Waals surface area contributed by atoms with E-state index in [-0.39, 0.29) is 12.7 Å². The Morgan fingerprint density at radius 2 is 1.59 bits per heavy atom. The molecule has 5 heteroatoms. The molecule has 4 nitrogen and oxygen atoms in total. The molecule has 0 spiro atoms. The van der Waals surface area contributed by atoms with Crippen LogP contribution in [0.25, 0.3) is 0 Å². The van der Waals surface area contributed by atoms with Gasteiger partial charge >= 0.3 is 10.4 Å². The fourth-order valence-electron chi connectivity index (χ4n) is 1.63. The standard InChI is InChI=1S/C12H26O4S/c1-4-6-7-8-9-10-11-12(3)16-17(13,14)15-5-2/h12H,4-11H2,1-3H3. The van der Waals surface area contributed by atoms with Crippen LogP contribution in [0, 0.1) is 0 Å². The Kier molecular flexibility index (Phi) is 9.78. The SMILES string of the molecule is CCCCCCCCC(C)OS(=O)(=O)OCC. The second-order valence-electron chi connectivity index (χ2n) is 4.28. The molecular formula is C12H26O4S. The van der Waals surface area contributed by atoms with E-state index in [1.54, 1.807) is 13.8 Å². The third-order valence-electron chi connectivity index (χ3n) is 2.51. The molecule has 0 bridgehead atoms. The summed E-state index contributed by atoms with van der Waals surface area (Å²) in [6, 6.07) is 0. The summed E-state index contributed by atoms with van der Waals surface area (Å²) in [4.78, 5) is 0. The lowest BCUT2D eigenvalue weighted by Gasteiger charge is -2.11. The van der Waals surface area contributed by atoms with Crippen LogP contribution in [-0.4, -0.2) is 21.1 Å². The summed E-state index contributed by atoms with van der Waals surface area (Å²) in [6.07, 6.45) is 7.63. The molecule has 0 aliphatic rings. The van der Waals surface area contributed by atoms with Gasteiger partial charge in [-0.3, -0.25) is 0 Å². The van der Waals surface area contributed by atoms with Crippen molar-refractivity contribution in [3.8, 4) is 0 Å². The van der Waals surface area contributed by atoms with Gasteiger partial charge in [-0.2, -0.15) is 8.42 Å². The van der Waals surface area contributed by atoms with Gasteiger partial charge in [0.1, 0.15) is 0 Å². The van der Waals surface area contributed by atoms with Gasteiger partial charge in [0, 0.05) is 0 Å². The van der Waals surface area contributed by atoms with E-state index in [9.17, 15) is 8.42 Å². The van der Waals surface area contributed by atoms with Crippen molar-refractivity contribution >= 4 is 10.4 Å². The van der Waals surface area contributed by atoms with Crippen molar-refractivity contribution in [1.29, 1.82) is 0 Å². The summed E-state index contributed by atoms with van der Waals surface area (Å²) < 4.78 is 31.7. The molecule has 0 heterocycles. The molecular weight excluding hydrogens is 240 g/mol. The van der Waals surface area contributed by atoms with E-state index in [1.165, 1.54) is 25.7 Å². The molecule has 0 fully saturated rings. The summed E-state index contributed by atoms with van der Waals surface area (Å²) in [5.41, 5.74) is 0. The van der Waals surface area contributed by atoms with Gasteiger partial charge in [0.2, 0.25) is 0 Å². The highest BCUT2D eigenvalue weighted by atomic mass is 32.3. The first-order chi connectivity index (χ1) is 8.02. The van der Waals surface area contributed by atoms with E-state index in [2.05, 4.69) is 11.1 Å². The molecule has 0 radical (unpaired) electrons. The minimum atomic E-state index is -3.78. The van der Waals surface area contributed by atoms with Crippen LogP contribution in [0.5, 0.6) is 0 Å². The summed E-state index contributed by atoms with van der Waals surface area (Å²) in [5.74, 6) is 0. The minimum Gasteiger partial charge on any atom is -0.248 e. The normalized spacial score (nSPS) is 13.8. The number of hydrogen-bond acceptors (Lipinski definition) is 4. The van der Waals surface area contributed by atoms with Crippen LogP contribution in [0.2, 0.25) is 0 Å². The third kappa shape index (κ3) is 10.7. The smallest absolute Gasteiger partial charge is 0.248 e. The van der Waals surface area contributed by atoms with Gasteiger partial charge in [0.05, 0.1) is 12.7 Å². The molecule has 0 aliphatic heterocycles. The maximum Gasteiger partial charge on any atom is 0.400 e. The first-order valence-corrected chi connectivity index (χ1v) is 7.92. The predicted molar refractivity (Wildman–Crippen MR) is 69.1 cm³/mol. The van der Waals surface area contributed by atoms with Crippen molar-refractivity contribution in [1.82, 2.24) is 0 Å². The highest BCUT2D eigenvalue weighted by molar-refractivity contribution is 7.81. The number of hydrogen-bond donors (Lipinski definition) is 0. The van der Waals surface area contributed by atoms with Crippen LogP contribution < -0.4 is 0 Å². The fraction of sp³-hybridized carbons (Fsp3) is 1.00. The molecule has 0 amide bonds. The van der Waals surface area contributed by atoms with Gasteiger partial charge in [-0.1, -0.05) is 45.4 Å². The summed E-state index contributed by atoms with van der Waals surface area (Å²) >= 11 is 0. The minimum absolute atomic E-state index is 0.117. The topological polar surface area (TPSA) is 52.6 Å². The molecule has 17 heavy (non-hydrogen) atoms. The highest BCUT2D eigenvalue weighted by Gasteiger charge is 2.15. The van der Waals surface area contributed by atoms with Gasteiger partial charge in [-0.25, -0.2) is 8.37 Å². The fourth-order valence-corrected chi connectivity index (χ4v) is 2.48. The average molecular weight is 266 g/mol. The highest BCUT2D eigenvalue weighted by Crippen LogP contribution is 2.12. The third-order valence-corrected chi connectivity index (χ3v) is 3.60. The average Bonchev–Trinajstić information content (AvgIpc) is 2.22. The van der Waals surface area contributed by atoms with E-state index in [4.69, 9.17) is 4.18 Å². The number of unbranched alkanes of at least 4 members (excludes halogenated alkanes) is 5. The number of rotatable bonds is 11. The molecule has 0 aliphatic carbocycles. The van der Waals surface area contributed by atoms with E-state index >= 15 is 0 Å². The zero-order chi connectivity index (χ0) is 13.1. The van der Waals surface area contributed by atoms with Crippen LogP contribution >= 0.6 is 0 Å². The van der Waals surface area contributed by atoms with Gasteiger partial charge in [-0.15, -0.1) is 0 Å². The zero-order valence-electron chi connectivity index (χ0n) is 11.3. The molecule has 1 unspecified atom stereocenters. The van der Waals surface area contributed by atoms with Crippen molar-refractivity contribution in [3.05, 3.63) is 0 Å². The Morgan fingerprint density at radius 1 is 1.00 bits per heavy atom. The Bertz CT molecular complexity index is 262. The monoisotopic (exact) mass is 266 g/mol. The van der Waals surface area contributed by atoms with Gasteiger partial charge < -0.3 is 0 Å². The van der Waals surface area contributed by atoms with Crippen molar-refractivity contribution in [2.24, 2.45) is 0 Å². The van der Waals surface area contributed by atoms with Crippen LogP contribution in [0.15, 0.2) is 0 Å². The maximum absolute atomic E-state index is 11.2. The lowest BCUT2D eigenvalue weighted by atomic mass is 10.1. The first-order valence-electron chi connectivity index (χ1n) is 6.59. The quantitative estimate of drug-likeness (QED) is 0.538. The molecule has 0 saturated heterocycles. The Labute approximate surface area is 106 Å². The van der Waals surface area contributed by atoms with Crippen molar-refractivity contribution in [3.63, 3.8) is 0 Å². The van der Waals surface area contributed by atoms with E-state index in [0.717, 1.165) is 19.3 Å². The molecule has 0 saturated carbocycles. The molecule has 0 N–H and O–H groups in total. The second-order valence-corrected chi connectivity index (χ2v) is 5.52. The predicted octanol–water partition coefficient (Wildman–Crippen LogP) is 3.42. The van der Waals surface area contributed by atoms with Crippen LogP contribution in [0.4, 0.5) is 0 Å². The zero-order valence-corrected chi connectivity index (χ0v) is 12.1. The van der Waals surface area contributed by atoms with Crippen LogP contribution in [0.3, 0.4) is 0 Å². The lowest BCUT2D eigenvalue weighted by molar-refractivity contribution is 0.162. The second kappa shape index (κ2) is 9.85. The Morgan fingerprint density at radius 3 is 2.18 bits per heavy atom. The molecule has 0 aromatic heterocycles. The molecule has 104 valence electrons. The molecule has 0 aromatic carbocycles. The largest absolute Gasteiger partial charge is 0.400 e. The van der Waals surface area contributed by atoms with E-state index < -0.39 is 10.4 Å².